The molecule has 2 nitrogen and oxygen atoms in total. The fraction of sp³-hybridized carbons (Fsp3) is 0.429. The highest BCUT2D eigenvalue weighted by Crippen LogP contribution is 2.14. The van der Waals surface area contributed by atoms with Crippen LogP contribution in [0.15, 0.2) is 29.0 Å². The number of nitrogens with zero attached hydrogens (tertiary/aromatic N) is 1. The van der Waals surface area contributed by atoms with Crippen LogP contribution in [0.4, 0.5) is 0 Å². The molecule has 0 aromatic carbocycles. The van der Waals surface area contributed by atoms with E-state index in [4.69, 9.17) is 0 Å². The van der Waals surface area contributed by atoms with Gasteiger partial charge in [0.25, 0.3) is 0 Å². The van der Waals surface area contributed by atoms with Crippen LogP contribution >= 0.6 is 22.7 Å². The molecule has 0 aliphatic rings. The van der Waals surface area contributed by atoms with Crippen molar-refractivity contribution in [1.29, 1.82) is 0 Å². The lowest BCUT2D eigenvalue weighted by Gasteiger charge is -2.15. The molecule has 0 bridgehead atoms. The van der Waals surface area contributed by atoms with E-state index in [1.165, 1.54) is 15.3 Å². The molecule has 0 unspecified atom stereocenters. The first kappa shape index (κ1) is 13.7. The molecule has 0 atom stereocenters. The average Bonchev–Trinajstić information content (AvgIpc) is 2.96. The lowest BCUT2D eigenvalue weighted by molar-refractivity contribution is 0.325. The normalized spacial score (nSPS) is 11.3. The van der Waals surface area contributed by atoms with Gasteiger partial charge in [-0.15, -0.1) is 11.3 Å². The van der Waals surface area contributed by atoms with Crippen molar-refractivity contribution in [2.45, 2.75) is 20.0 Å². The second kappa shape index (κ2) is 7.04. The highest BCUT2D eigenvalue weighted by Gasteiger charge is 2.01. The first-order valence-electron chi connectivity index (χ1n) is 6.19. The largest absolute Gasteiger partial charge is 0.311 e. The summed E-state index contributed by atoms with van der Waals surface area (Å²) in [6.45, 7) is 6.31. The molecular formula is C14H20N2S2. The first-order chi connectivity index (χ1) is 8.74. The third-order valence-corrected chi connectivity index (χ3v) is 4.53. The molecule has 2 rings (SSSR count). The molecule has 4 heteroatoms. The zero-order valence-corrected chi connectivity index (χ0v) is 12.6. The highest BCUT2D eigenvalue weighted by molar-refractivity contribution is 7.11. The second-order valence-electron chi connectivity index (χ2n) is 4.56. The maximum Gasteiger partial charge on any atom is 0.0300 e. The molecule has 2 heterocycles. The molecule has 0 spiro atoms. The molecule has 0 saturated heterocycles. The fourth-order valence-electron chi connectivity index (χ4n) is 1.83. The van der Waals surface area contributed by atoms with Gasteiger partial charge in [0.05, 0.1) is 0 Å². The van der Waals surface area contributed by atoms with Gasteiger partial charge in [0.1, 0.15) is 0 Å². The molecule has 0 fully saturated rings. The summed E-state index contributed by atoms with van der Waals surface area (Å²) in [5, 5.41) is 7.86. The lowest BCUT2D eigenvalue weighted by Crippen LogP contribution is -2.28. The Morgan fingerprint density at radius 2 is 2.17 bits per heavy atom. The third-order valence-electron chi connectivity index (χ3n) is 2.80. The van der Waals surface area contributed by atoms with Crippen LogP contribution in [0, 0.1) is 6.92 Å². The van der Waals surface area contributed by atoms with Crippen molar-refractivity contribution in [3.63, 3.8) is 0 Å². The second-order valence-corrected chi connectivity index (χ2v) is 6.71. The molecule has 0 saturated carbocycles. The molecular weight excluding hydrogens is 260 g/mol. The smallest absolute Gasteiger partial charge is 0.0300 e. The van der Waals surface area contributed by atoms with Gasteiger partial charge in [0.2, 0.25) is 0 Å². The van der Waals surface area contributed by atoms with Gasteiger partial charge >= 0.3 is 0 Å². The van der Waals surface area contributed by atoms with Crippen molar-refractivity contribution < 1.29 is 0 Å². The van der Waals surface area contributed by atoms with Gasteiger partial charge in [-0.2, -0.15) is 11.3 Å². The summed E-state index contributed by atoms with van der Waals surface area (Å²) in [5.74, 6) is 0. The number of aryl methyl sites for hydroxylation is 1. The number of nitrogens with one attached hydrogen (secondary N) is 1. The Hall–Kier alpha value is -0.680. The van der Waals surface area contributed by atoms with Crippen molar-refractivity contribution in [3.8, 4) is 0 Å². The number of rotatable bonds is 7. The average molecular weight is 280 g/mol. The molecule has 0 aliphatic carbocycles. The van der Waals surface area contributed by atoms with Crippen LogP contribution in [-0.4, -0.2) is 25.0 Å². The zero-order valence-electron chi connectivity index (χ0n) is 11.0. The Morgan fingerprint density at radius 3 is 2.83 bits per heavy atom. The van der Waals surface area contributed by atoms with E-state index in [1.54, 1.807) is 11.3 Å². The van der Waals surface area contributed by atoms with Crippen LogP contribution in [-0.2, 0) is 13.1 Å². The van der Waals surface area contributed by atoms with Crippen molar-refractivity contribution in [2.75, 3.05) is 20.1 Å². The predicted molar refractivity (Wildman–Crippen MR) is 81.4 cm³/mol. The predicted octanol–water partition coefficient (Wildman–Crippen LogP) is 3.34. The standard InChI is InChI=1S/C14H20N2S2/c1-12-3-4-14(18-12)9-15-6-7-16(2)10-13-5-8-17-11-13/h3-5,8,11,15H,6-7,9-10H2,1-2H3. The molecule has 2 aromatic heterocycles. The molecule has 0 amide bonds. The number of hydrogen-bond donors (Lipinski definition) is 1. The van der Waals surface area contributed by atoms with Gasteiger partial charge in [-0.1, -0.05) is 0 Å². The van der Waals surface area contributed by atoms with Crippen LogP contribution in [0.3, 0.4) is 0 Å². The maximum absolute atomic E-state index is 3.50. The minimum absolute atomic E-state index is 0.991. The lowest BCUT2D eigenvalue weighted by atomic mass is 10.3. The topological polar surface area (TPSA) is 15.3 Å². The van der Waals surface area contributed by atoms with E-state index < -0.39 is 0 Å². The van der Waals surface area contributed by atoms with Gasteiger partial charge in [0.15, 0.2) is 0 Å². The van der Waals surface area contributed by atoms with Crippen molar-refractivity contribution in [1.82, 2.24) is 10.2 Å². The van der Waals surface area contributed by atoms with Gasteiger partial charge in [0, 0.05) is 35.9 Å². The SMILES string of the molecule is Cc1ccc(CNCCN(C)Cc2ccsc2)s1. The highest BCUT2D eigenvalue weighted by atomic mass is 32.1. The Bertz CT molecular complexity index is 448. The molecule has 0 radical (unpaired) electrons. The number of likely N-dealkylation sites (N-methyl/N-ethyl adjacent to an activating group) is 1. The van der Waals surface area contributed by atoms with E-state index in [2.05, 4.69) is 53.1 Å². The summed E-state index contributed by atoms with van der Waals surface area (Å²) in [4.78, 5) is 5.17. The molecule has 0 aliphatic heterocycles. The minimum Gasteiger partial charge on any atom is -0.311 e. The van der Waals surface area contributed by atoms with Crippen LogP contribution < -0.4 is 5.32 Å². The Kier molecular flexibility index (Phi) is 5.38. The maximum atomic E-state index is 3.50. The van der Waals surface area contributed by atoms with E-state index in [1.807, 2.05) is 11.3 Å². The molecule has 2 aromatic rings. The van der Waals surface area contributed by atoms with Gasteiger partial charge in [-0.05, 0) is 48.5 Å². The Balaban J connectivity index is 1.60. The van der Waals surface area contributed by atoms with Crippen LogP contribution in [0.2, 0.25) is 0 Å². The van der Waals surface area contributed by atoms with Gasteiger partial charge in [-0.3, -0.25) is 0 Å². The van der Waals surface area contributed by atoms with E-state index in [0.29, 0.717) is 0 Å². The number of thiophene rings is 2. The molecule has 1 N–H and O–H groups in total. The summed E-state index contributed by atoms with van der Waals surface area (Å²) >= 11 is 3.64. The molecule has 18 heavy (non-hydrogen) atoms. The monoisotopic (exact) mass is 280 g/mol. The van der Waals surface area contributed by atoms with Crippen LogP contribution in [0.25, 0.3) is 0 Å². The van der Waals surface area contributed by atoms with E-state index in [-0.39, 0.29) is 0 Å². The van der Waals surface area contributed by atoms with Crippen LogP contribution in [0.5, 0.6) is 0 Å². The third kappa shape index (κ3) is 4.53. The summed E-state index contributed by atoms with van der Waals surface area (Å²) in [7, 11) is 2.18. The fourth-order valence-corrected chi connectivity index (χ4v) is 3.35. The summed E-state index contributed by atoms with van der Waals surface area (Å²) in [6.07, 6.45) is 0. The number of hydrogen-bond acceptors (Lipinski definition) is 4. The minimum atomic E-state index is 0.991. The van der Waals surface area contributed by atoms with E-state index in [9.17, 15) is 0 Å². The quantitative estimate of drug-likeness (QED) is 0.783. The summed E-state index contributed by atoms with van der Waals surface area (Å²) in [6, 6.07) is 6.59. The Morgan fingerprint density at radius 1 is 1.28 bits per heavy atom. The van der Waals surface area contributed by atoms with E-state index in [0.717, 1.165) is 26.2 Å². The van der Waals surface area contributed by atoms with Gasteiger partial charge in [-0.25, -0.2) is 0 Å². The Labute approximate surface area is 117 Å². The van der Waals surface area contributed by atoms with Crippen molar-refractivity contribution in [3.05, 3.63) is 44.3 Å². The summed E-state index contributed by atoms with van der Waals surface area (Å²) in [5.41, 5.74) is 1.41. The summed E-state index contributed by atoms with van der Waals surface area (Å²) < 4.78 is 0. The van der Waals surface area contributed by atoms with Crippen LogP contribution in [0.1, 0.15) is 15.3 Å². The van der Waals surface area contributed by atoms with Crippen molar-refractivity contribution in [2.24, 2.45) is 0 Å². The molecule has 98 valence electrons. The van der Waals surface area contributed by atoms with Gasteiger partial charge < -0.3 is 10.2 Å². The van der Waals surface area contributed by atoms with E-state index >= 15 is 0 Å². The van der Waals surface area contributed by atoms with Crippen molar-refractivity contribution >= 4 is 22.7 Å². The zero-order chi connectivity index (χ0) is 12.8. The first-order valence-corrected chi connectivity index (χ1v) is 7.95.